The zero-order valence-corrected chi connectivity index (χ0v) is 16.9. The number of carbonyl (C=O) groups is 2. The summed E-state index contributed by atoms with van der Waals surface area (Å²) in [4.78, 5) is 28.8. The molecule has 6 heteroatoms. The number of amides is 1. The predicted molar refractivity (Wildman–Crippen MR) is 113 cm³/mol. The lowest BCUT2D eigenvalue weighted by Gasteiger charge is -2.13. The standard InChI is InChI=1S/C22H24N2O3S/c1-3-16-11-13-17(14-12-16)23-22(26)15(2)27-21(25)10-6-9-20-24-18-7-4-5-8-19(18)28-20/h4-5,7-8,11-15H,3,6,9-10H2,1-2H3,(H,23,26)/t15-/m0/s1. The highest BCUT2D eigenvalue weighted by Gasteiger charge is 2.18. The lowest BCUT2D eigenvalue weighted by molar-refractivity contribution is -0.153. The smallest absolute Gasteiger partial charge is 0.306 e. The summed E-state index contributed by atoms with van der Waals surface area (Å²) in [5.74, 6) is -0.700. The summed E-state index contributed by atoms with van der Waals surface area (Å²) in [6.45, 7) is 3.66. The molecule has 2 aromatic carbocycles. The third-order valence-electron chi connectivity index (χ3n) is 4.42. The Hall–Kier alpha value is -2.73. The summed E-state index contributed by atoms with van der Waals surface area (Å²) < 4.78 is 6.41. The van der Waals surface area contributed by atoms with Gasteiger partial charge >= 0.3 is 5.97 Å². The molecule has 1 N–H and O–H groups in total. The van der Waals surface area contributed by atoms with E-state index >= 15 is 0 Å². The lowest BCUT2D eigenvalue weighted by atomic mass is 10.1. The minimum absolute atomic E-state index is 0.263. The summed E-state index contributed by atoms with van der Waals surface area (Å²) >= 11 is 1.64. The molecule has 1 heterocycles. The molecule has 0 fully saturated rings. The number of rotatable bonds is 8. The van der Waals surface area contributed by atoms with Crippen LogP contribution in [0, 0.1) is 0 Å². The molecular formula is C22H24N2O3S. The maximum Gasteiger partial charge on any atom is 0.306 e. The van der Waals surface area contributed by atoms with Crippen LogP contribution in [0.4, 0.5) is 5.69 Å². The van der Waals surface area contributed by atoms with E-state index in [0.717, 1.165) is 28.1 Å². The Kier molecular flexibility index (Phi) is 6.76. The van der Waals surface area contributed by atoms with Gasteiger partial charge in [-0.05, 0) is 56.0 Å². The fourth-order valence-electron chi connectivity index (χ4n) is 2.79. The molecule has 0 unspecified atom stereocenters. The van der Waals surface area contributed by atoms with Gasteiger partial charge in [0.15, 0.2) is 6.10 Å². The molecule has 0 aliphatic rings. The Morgan fingerprint density at radius 1 is 1.14 bits per heavy atom. The van der Waals surface area contributed by atoms with Gasteiger partial charge in [0.25, 0.3) is 5.91 Å². The molecule has 1 aromatic heterocycles. The monoisotopic (exact) mass is 396 g/mol. The zero-order chi connectivity index (χ0) is 19.9. The largest absolute Gasteiger partial charge is 0.453 e. The molecule has 5 nitrogen and oxygen atoms in total. The highest BCUT2D eigenvalue weighted by atomic mass is 32.1. The van der Waals surface area contributed by atoms with Gasteiger partial charge in [-0.15, -0.1) is 11.3 Å². The third kappa shape index (κ3) is 5.39. The number of aromatic nitrogens is 1. The summed E-state index contributed by atoms with van der Waals surface area (Å²) in [5.41, 5.74) is 2.88. The molecule has 1 atom stereocenters. The number of fused-ring (bicyclic) bond motifs is 1. The van der Waals surface area contributed by atoms with E-state index in [2.05, 4.69) is 17.2 Å². The topological polar surface area (TPSA) is 68.3 Å². The summed E-state index contributed by atoms with van der Waals surface area (Å²) in [6.07, 6.45) is 1.74. The van der Waals surface area contributed by atoms with E-state index in [4.69, 9.17) is 4.74 Å². The molecule has 0 aliphatic carbocycles. The lowest BCUT2D eigenvalue weighted by Crippen LogP contribution is -2.29. The number of benzene rings is 2. The van der Waals surface area contributed by atoms with Crippen molar-refractivity contribution in [2.45, 2.75) is 45.6 Å². The maximum absolute atomic E-state index is 12.2. The fourth-order valence-corrected chi connectivity index (χ4v) is 3.80. The van der Waals surface area contributed by atoms with Gasteiger partial charge in [0, 0.05) is 12.1 Å². The van der Waals surface area contributed by atoms with Gasteiger partial charge in [0.05, 0.1) is 15.2 Å². The third-order valence-corrected chi connectivity index (χ3v) is 5.51. The normalized spacial score (nSPS) is 11.9. The molecule has 0 aliphatic heterocycles. The number of nitrogens with zero attached hydrogens (tertiary/aromatic N) is 1. The van der Waals surface area contributed by atoms with Crippen LogP contribution < -0.4 is 5.32 Å². The van der Waals surface area contributed by atoms with Crippen molar-refractivity contribution < 1.29 is 14.3 Å². The van der Waals surface area contributed by atoms with Gasteiger partial charge in [-0.1, -0.05) is 31.2 Å². The van der Waals surface area contributed by atoms with Crippen molar-refractivity contribution in [3.63, 3.8) is 0 Å². The second-order valence-electron chi connectivity index (χ2n) is 6.60. The van der Waals surface area contributed by atoms with Crippen LogP contribution in [-0.4, -0.2) is 23.0 Å². The Labute approximate surface area is 168 Å². The summed E-state index contributed by atoms with van der Waals surface area (Å²) in [5, 5.41) is 3.78. The molecule has 3 aromatic rings. The fraction of sp³-hybridized carbons (Fsp3) is 0.318. The molecule has 0 radical (unpaired) electrons. The van der Waals surface area contributed by atoms with Crippen molar-refractivity contribution in [2.75, 3.05) is 5.32 Å². The first kappa shape index (κ1) is 20.0. The van der Waals surface area contributed by atoms with E-state index in [9.17, 15) is 9.59 Å². The number of carbonyl (C=O) groups excluding carboxylic acids is 2. The van der Waals surface area contributed by atoms with Crippen LogP contribution in [0.2, 0.25) is 0 Å². The van der Waals surface area contributed by atoms with Crippen LogP contribution in [0.25, 0.3) is 10.2 Å². The van der Waals surface area contributed by atoms with E-state index in [1.807, 2.05) is 48.5 Å². The summed E-state index contributed by atoms with van der Waals surface area (Å²) in [6, 6.07) is 15.6. The highest BCUT2D eigenvalue weighted by Crippen LogP contribution is 2.22. The number of anilines is 1. The van der Waals surface area contributed by atoms with Crippen LogP contribution in [0.5, 0.6) is 0 Å². The van der Waals surface area contributed by atoms with Crippen molar-refractivity contribution >= 4 is 39.1 Å². The van der Waals surface area contributed by atoms with E-state index in [1.54, 1.807) is 18.3 Å². The molecule has 28 heavy (non-hydrogen) atoms. The SMILES string of the molecule is CCc1ccc(NC(=O)[C@H](C)OC(=O)CCCc2nc3ccccc3s2)cc1. The van der Waals surface area contributed by atoms with E-state index in [0.29, 0.717) is 12.1 Å². The Morgan fingerprint density at radius 3 is 2.61 bits per heavy atom. The highest BCUT2D eigenvalue weighted by molar-refractivity contribution is 7.18. The number of hydrogen-bond acceptors (Lipinski definition) is 5. The minimum Gasteiger partial charge on any atom is -0.453 e. The Bertz CT molecular complexity index is 917. The number of aryl methyl sites for hydroxylation is 2. The van der Waals surface area contributed by atoms with Crippen LogP contribution in [0.1, 0.15) is 37.3 Å². The van der Waals surface area contributed by atoms with Gasteiger partial charge in [-0.25, -0.2) is 4.98 Å². The molecule has 1 amide bonds. The maximum atomic E-state index is 12.2. The molecule has 0 saturated heterocycles. The van der Waals surface area contributed by atoms with E-state index < -0.39 is 6.10 Å². The molecular weight excluding hydrogens is 372 g/mol. The van der Waals surface area contributed by atoms with Crippen LogP contribution in [0.3, 0.4) is 0 Å². The van der Waals surface area contributed by atoms with Crippen molar-refractivity contribution in [1.82, 2.24) is 4.98 Å². The summed E-state index contributed by atoms with van der Waals surface area (Å²) in [7, 11) is 0. The molecule has 0 saturated carbocycles. The average Bonchev–Trinajstić information content (AvgIpc) is 3.11. The van der Waals surface area contributed by atoms with Gasteiger partial charge in [-0.2, -0.15) is 0 Å². The molecule has 0 spiro atoms. The molecule has 146 valence electrons. The zero-order valence-electron chi connectivity index (χ0n) is 16.1. The van der Waals surface area contributed by atoms with Crippen molar-refractivity contribution in [2.24, 2.45) is 0 Å². The van der Waals surface area contributed by atoms with Crippen molar-refractivity contribution in [3.8, 4) is 0 Å². The Balaban J connectivity index is 1.42. The number of thiazole rings is 1. The van der Waals surface area contributed by atoms with E-state index in [1.165, 1.54) is 5.56 Å². The van der Waals surface area contributed by atoms with Crippen molar-refractivity contribution in [1.29, 1.82) is 0 Å². The number of nitrogens with one attached hydrogen (secondary N) is 1. The molecule has 3 rings (SSSR count). The second kappa shape index (κ2) is 9.46. The van der Waals surface area contributed by atoms with Crippen LogP contribution >= 0.6 is 11.3 Å². The number of hydrogen-bond donors (Lipinski definition) is 1. The minimum atomic E-state index is -0.833. The second-order valence-corrected chi connectivity index (χ2v) is 7.72. The van der Waals surface area contributed by atoms with Crippen LogP contribution in [0.15, 0.2) is 48.5 Å². The number of para-hydroxylation sites is 1. The van der Waals surface area contributed by atoms with Gasteiger partial charge in [0.1, 0.15) is 0 Å². The first-order chi connectivity index (χ1) is 13.5. The van der Waals surface area contributed by atoms with Gasteiger partial charge in [-0.3, -0.25) is 9.59 Å². The van der Waals surface area contributed by atoms with Crippen LogP contribution in [-0.2, 0) is 27.2 Å². The average molecular weight is 397 g/mol. The van der Waals surface area contributed by atoms with Crippen molar-refractivity contribution in [3.05, 3.63) is 59.1 Å². The quantitative estimate of drug-likeness (QED) is 0.558. The van der Waals surface area contributed by atoms with Gasteiger partial charge < -0.3 is 10.1 Å². The number of esters is 1. The first-order valence-electron chi connectivity index (χ1n) is 9.49. The molecule has 0 bridgehead atoms. The van der Waals surface area contributed by atoms with E-state index in [-0.39, 0.29) is 18.3 Å². The first-order valence-corrected chi connectivity index (χ1v) is 10.3. The number of ether oxygens (including phenoxy) is 1. The van der Waals surface area contributed by atoms with Gasteiger partial charge in [0.2, 0.25) is 0 Å². The Morgan fingerprint density at radius 2 is 1.89 bits per heavy atom. The predicted octanol–water partition coefficient (Wildman–Crippen LogP) is 4.75.